The van der Waals surface area contributed by atoms with Gasteiger partial charge in [-0.1, -0.05) is 108 Å². The van der Waals surface area contributed by atoms with Gasteiger partial charge in [-0.2, -0.15) is 0 Å². The van der Waals surface area contributed by atoms with E-state index in [-0.39, 0.29) is 4.75 Å². The highest BCUT2D eigenvalue weighted by Crippen LogP contribution is 2.69. The molecule has 35 heavy (non-hydrogen) atoms. The average Bonchev–Trinajstić information content (AvgIpc) is 3.49. The SMILES string of the molecule is C[C@]1(O)C2=C3N=C(c4ccccc4)S[C@@]3(C)[C@]3(C)SC(c4ccccc4)=NC3=C2c2ccccc21. The van der Waals surface area contributed by atoms with Crippen molar-refractivity contribution in [2.24, 2.45) is 9.98 Å². The van der Waals surface area contributed by atoms with Crippen molar-refractivity contribution in [3.8, 4) is 0 Å². The van der Waals surface area contributed by atoms with Gasteiger partial charge in [0, 0.05) is 22.3 Å². The van der Waals surface area contributed by atoms with Gasteiger partial charge in [0.1, 0.15) is 15.7 Å². The molecule has 5 heteroatoms. The summed E-state index contributed by atoms with van der Waals surface area (Å²) >= 11 is 3.63. The quantitative estimate of drug-likeness (QED) is 0.428. The first-order chi connectivity index (χ1) is 16.8. The fourth-order valence-corrected chi connectivity index (χ4v) is 8.70. The van der Waals surface area contributed by atoms with E-state index in [1.165, 1.54) is 0 Å². The second-order valence-electron chi connectivity index (χ2n) is 9.90. The fourth-order valence-electron chi connectivity index (χ4n) is 5.82. The van der Waals surface area contributed by atoms with E-state index in [0.29, 0.717) is 0 Å². The molecule has 1 N–H and O–H groups in total. The molecule has 3 aromatic carbocycles. The summed E-state index contributed by atoms with van der Waals surface area (Å²) in [5.74, 6) is 0. The lowest BCUT2D eigenvalue weighted by molar-refractivity contribution is 0.105. The summed E-state index contributed by atoms with van der Waals surface area (Å²) in [7, 11) is 0. The Balaban J connectivity index is 1.54. The Labute approximate surface area is 213 Å². The summed E-state index contributed by atoms with van der Waals surface area (Å²) < 4.78 is -0.756. The minimum absolute atomic E-state index is 0.357. The van der Waals surface area contributed by atoms with Crippen LogP contribution in [-0.4, -0.2) is 24.7 Å². The minimum Gasteiger partial charge on any atom is -0.381 e. The van der Waals surface area contributed by atoms with E-state index in [1.807, 2.05) is 49.0 Å². The van der Waals surface area contributed by atoms with Gasteiger partial charge in [0.05, 0.1) is 20.9 Å². The van der Waals surface area contributed by atoms with Gasteiger partial charge in [-0.05, 0) is 31.9 Å². The van der Waals surface area contributed by atoms with Crippen LogP contribution in [0.3, 0.4) is 0 Å². The van der Waals surface area contributed by atoms with Crippen molar-refractivity contribution < 1.29 is 5.11 Å². The number of rotatable bonds is 2. The van der Waals surface area contributed by atoms with Crippen LogP contribution in [0.15, 0.2) is 112 Å². The Hall–Kier alpha value is -2.86. The topological polar surface area (TPSA) is 45.0 Å². The highest BCUT2D eigenvalue weighted by Gasteiger charge is 2.64. The van der Waals surface area contributed by atoms with Crippen molar-refractivity contribution in [2.75, 3.05) is 0 Å². The van der Waals surface area contributed by atoms with Crippen LogP contribution in [-0.2, 0) is 5.60 Å². The minimum atomic E-state index is -1.14. The molecule has 0 saturated carbocycles. The van der Waals surface area contributed by atoms with Gasteiger partial charge in [-0.3, -0.25) is 0 Å². The monoisotopic (exact) mass is 492 g/mol. The number of hydrogen-bond donors (Lipinski definition) is 1. The Morgan fingerprint density at radius 3 is 1.71 bits per heavy atom. The molecular formula is C30H24N2OS2. The van der Waals surface area contributed by atoms with Crippen LogP contribution in [0, 0.1) is 0 Å². The van der Waals surface area contributed by atoms with Crippen molar-refractivity contribution in [1.82, 2.24) is 0 Å². The third-order valence-corrected chi connectivity index (χ3v) is 11.0. The van der Waals surface area contributed by atoms with Crippen LogP contribution in [0.4, 0.5) is 0 Å². The molecule has 172 valence electrons. The van der Waals surface area contributed by atoms with Gasteiger partial charge in [-0.25, -0.2) is 9.98 Å². The van der Waals surface area contributed by atoms with E-state index in [2.05, 4.69) is 68.4 Å². The lowest BCUT2D eigenvalue weighted by atomic mass is 9.75. The number of aliphatic hydroxyl groups is 1. The lowest BCUT2D eigenvalue weighted by Crippen LogP contribution is -2.48. The maximum absolute atomic E-state index is 12.0. The van der Waals surface area contributed by atoms with Gasteiger partial charge in [0.25, 0.3) is 0 Å². The van der Waals surface area contributed by atoms with Crippen molar-refractivity contribution in [2.45, 2.75) is 35.9 Å². The zero-order valence-electron chi connectivity index (χ0n) is 19.7. The predicted octanol–water partition coefficient (Wildman–Crippen LogP) is 6.79. The van der Waals surface area contributed by atoms with Crippen LogP contribution in [0.25, 0.3) is 5.57 Å². The first-order valence-corrected chi connectivity index (χ1v) is 13.5. The maximum Gasteiger partial charge on any atom is 0.115 e. The molecule has 0 fully saturated rings. The fraction of sp³-hybridized carbons (Fsp3) is 0.200. The van der Waals surface area contributed by atoms with E-state index in [9.17, 15) is 5.11 Å². The number of thioether (sulfide) groups is 2. The van der Waals surface area contributed by atoms with Crippen LogP contribution in [0.5, 0.6) is 0 Å². The molecular weight excluding hydrogens is 468 g/mol. The highest BCUT2D eigenvalue weighted by molar-refractivity contribution is 8.20. The Bertz CT molecular complexity index is 1530. The zero-order chi connectivity index (χ0) is 24.0. The molecule has 3 atom stereocenters. The number of nitrogens with zero attached hydrogens (tertiary/aromatic N) is 2. The Morgan fingerprint density at radius 1 is 0.629 bits per heavy atom. The van der Waals surface area contributed by atoms with E-state index in [0.717, 1.165) is 54.9 Å². The number of benzene rings is 3. The molecule has 2 aliphatic heterocycles. The van der Waals surface area contributed by atoms with Gasteiger partial charge in [-0.15, -0.1) is 0 Å². The average molecular weight is 493 g/mol. The highest BCUT2D eigenvalue weighted by atomic mass is 32.2. The standard InChI is InChI=1S/C30H24N2OS2/c1-28(33)21-17-11-10-16-20(21)22-23(28)25-30(3,35-27(32-25)19-14-8-5-9-15-19)29(2)24(22)31-26(34-29)18-12-6-4-7-13-18/h4-17,33H,1-3H3/t28-,29-,30-/m1/s1. The summed E-state index contributed by atoms with van der Waals surface area (Å²) in [6.07, 6.45) is 0. The van der Waals surface area contributed by atoms with Crippen molar-refractivity contribution in [3.05, 3.63) is 124 Å². The third kappa shape index (κ3) is 2.69. The number of aliphatic imine (C=N–C) groups is 2. The molecule has 7 rings (SSSR count). The Morgan fingerprint density at radius 2 is 1.11 bits per heavy atom. The second-order valence-corrected chi connectivity index (χ2v) is 12.7. The molecule has 0 unspecified atom stereocenters. The normalized spacial score (nSPS) is 30.5. The summed E-state index contributed by atoms with van der Waals surface area (Å²) in [4.78, 5) is 10.6. The maximum atomic E-state index is 12.0. The zero-order valence-corrected chi connectivity index (χ0v) is 21.4. The van der Waals surface area contributed by atoms with Crippen LogP contribution in [0.1, 0.15) is 43.0 Å². The largest absolute Gasteiger partial charge is 0.381 e. The van der Waals surface area contributed by atoms with Crippen molar-refractivity contribution in [3.63, 3.8) is 0 Å². The number of hydrogen-bond acceptors (Lipinski definition) is 5. The lowest BCUT2D eigenvalue weighted by Gasteiger charge is -2.45. The summed E-state index contributed by atoms with van der Waals surface area (Å²) in [5, 5.41) is 14.0. The van der Waals surface area contributed by atoms with Gasteiger partial charge < -0.3 is 5.11 Å². The molecule has 0 spiro atoms. The van der Waals surface area contributed by atoms with E-state index >= 15 is 0 Å². The van der Waals surface area contributed by atoms with Crippen LogP contribution >= 0.6 is 23.5 Å². The molecule has 3 aromatic rings. The molecule has 0 bridgehead atoms. The molecule has 0 radical (unpaired) electrons. The third-order valence-electron chi connectivity index (χ3n) is 7.82. The van der Waals surface area contributed by atoms with Gasteiger partial charge in [0.15, 0.2) is 0 Å². The van der Waals surface area contributed by atoms with E-state index in [1.54, 1.807) is 11.8 Å². The van der Waals surface area contributed by atoms with Gasteiger partial charge in [0.2, 0.25) is 0 Å². The number of fused-ring (bicyclic) bond motifs is 6. The van der Waals surface area contributed by atoms with E-state index < -0.39 is 10.3 Å². The molecule has 2 heterocycles. The predicted molar refractivity (Wildman–Crippen MR) is 148 cm³/mol. The Kier molecular flexibility index (Phi) is 4.34. The van der Waals surface area contributed by atoms with Crippen molar-refractivity contribution >= 4 is 39.2 Å². The smallest absolute Gasteiger partial charge is 0.115 e. The summed E-state index contributed by atoms with van der Waals surface area (Å²) in [6.45, 7) is 6.50. The molecule has 4 aliphatic rings. The molecule has 3 nitrogen and oxygen atoms in total. The van der Waals surface area contributed by atoms with Crippen LogP contribution < -0.4 is 0 Å². The van der Waals surface area contributed by atoms with Crippen LogP contribution in [0.2, 0.25) is 0 Å². The van der Waals surface area contributed by atoms with E-state index in [4.69, 9.17) is 9.98 Å². The summed E-state index contributed by atoms with van der Waals surface area (Å²) in [5.41, 5.74) is 7.07. The van der Waals surface area contributed by atoms with Crippen molar-refractivity contribution in [1.29, 1.82) is 0 Å². The molecule has 0 amide bonds. The molecule has 0 aromatic heterocycles. The van der Waals surface area contributed by atoms with Gasteiger partial charge >= 0.3 is 0 Å². The second kappa shape index (κ2) is 7.10. The summed E-state index contributed by atoms with van der Waals surface area (Å²) in [6, 6.07) is 29.0. The first kappa shape index (κ1) is 21.4. The first-order valence-electron chi connectivity index (χ1n) is 11.8. The molecule has 2 aliphatic carbocycles. The molecule has 0 saturated heterocycles.